The fourth-order valence-corrected chi connectivity index (χ4v) is 2.98. The Bertz CT molecular complexity index is 658. The molecule has 0 aromatic heterocycles. The van der Waals surface area contributed by atoms with Crippen LogP contribution in [0.5, 0.6) is 0 Å². The minimum absolute atomic E-state index is 0.0824. The van der Waals surface area contributed by atoms with E-state index in [1.54, 1.807) is 4.90 Å². The fourth-order valence-electron chi connectivity index (χ4n) is 1.95. The third kappa shape index (κ3) is 6.25. The number of hydrogen-bond acceptors (Lipinski definition) is 4. The van der Waals surface area contributed by atoms with E-state index in [-0.39, 0.29) is 30.3 Å². The van der Waals surface area contributed by atoms with Crippen molar-refractivity contribution < 1.29 is 22.4 Å². The Labute approximate surface area is 141 Å². The molecule has 2 N–H and O–H groups in total. The summed E-state index contributed by atoms with van der Waals surface area (Å²) in [6, 6.07) is 4.36. The molecule has 2 amide bonds. The van der Waals surface area contributed by atoms with Gasteiger partial charge in [-0.25, -0.2) is 17.5 Å². The van der Waals surface area contributed by atoms with Gasteiger partial charge in [0.25, 0.3) is 0 Å². The molecular weight excluding hydrogens is 337 g/mol. The summed E-state index contributed by atoms with van der Waals surface area (Å²) >= 11 is 0. The van der Waals surface area contributed by atoms with Gasteiger partial charge in [0, 0.05) is 26.1 Å². The second-order valence-electron chi connectivity index (χ2n) is 4.94. The predicted molar refractivity (Wildman–Crippen MR) is 87.1 cm³/mol. The van der Waals surface area contributed by atoms with Crippen LogP contribution in [-0.4, -0.2) is 51.3 Å². The summed E-state index contributed by atoms with van der Waals surface area (Å²) in [4.78, 5) is 24.9. The van der Waals surface area contributed by atoms with Crippen LogP contribution in [0, 0.1) is 5.82 Å². The average molecular weight is 359 g/mol. The molecule has 9 heteroatoms. The van der Waals surface area contributed by atoms with Gasteiger partial charge in [-0.2, -0.15) is 0 Å². The lowest BCUT2D eigenvalue weighted by molar-refractivity contribution is -0.132. The Morgan fingerprint density at radius 1 is 1.12 bits per heavy atom. The highest BCUT2D eigenvalue weighted by atomic mass is 32.2. The maximum absolute atomic E-state index is 12.8. The summed E-state index contributed by atoms with van der Waals surface area (Å²) in [6.07, 6.45) is -0.105. The number of sulfonamides is 1. The Kier molecular flexibility index (Phi) is 7.80. The number of benzene rings is 1. The summed E-state index contributed by atoms with van der Waals surface area (Å²) in [5.41, 5.74) is 0. The maximum Gasteiger partial charge on any atom is 0.241 e. The van der Waals surface area contributed by atoms with Gasteiger partial charge in [-0.3, -0.25) is 9.59 Å². The van der Waals surface area contributed by atoms with Crippen molar-refractivity contribution in [2.24, 2.45) is 0 Å². The molecule has 0 unspecified atom stereocenters. The Morgan fingerprint density at radius 2 is 1.71 bits per heavy atom. The van der Waals surface area contributed by atoms with Gasteiger partial charge >= 0.3 is 0 Å². The van der Waals surface area contributed by atoms with E-state index in [1.807, 2.05) is 13.8 Å². The van der Waals surface area contributed by atoms with E-state index in [9.17, 15) is 22.4 Å². The molecule has 1 aromatic carbocycles. The highest BCUT2D eigenvalue weighted by Gasteiger charge is 2.15. The second kappa shape index (κ2) is 9.33. The Hall–Kier alpha value is -2.00. The molecule has 0 spiro atoms. The van der Waals surface area contributed by atoms with E-state index >= 15 is 0 Å². The first-order valence-corrected chi connectivity index (χ1v) is 9.08. The molecule has 7 nitrogen and oxygen atoms in total. The maximum atomic E-state index is 12.8. The molecule has 0 saturated heterocycles. The SMILES string of the molecule is CCN(CC)C(=O)CNC(=O)CCNS(=O)(=O)c1ccc(F)cc1. The molecule has 134 valence electrons. The van der Waals surface area contributed by atoms with Gasteiger partial charge in [-0.1, -0.05) is 0 Å². The number of carbonyl (C=O) groups excluding carboxylic acids is 2. The summed E-state index contributed by atoms with van der Waals surface area (Å²) in [7, 11) is -3.80. The van der Waals surface area contributed by atoms with E-state index in [1.165, 1.54) is 0 Å². The monoisotopic (exact) mass is 359 g/mol. The van der Waals surface area contributed by atoms with Gasteiger partial charge in [0.05, 0.1) is 11.4 Å². The highest BCUT2D eigenvalue weighted by molar-refractivity contribution is 7.89. The Morgan fingerprint density at radius 3 is 2.25 bits per heavy atom. The third-order valence-corrected chi connectivity index (χ3v) is 4.80. The minimum atomic E-state index is -3.80. The molecule has 0 atom stereocenters. The molecule has 0 aliphatic rings. The minimum Gasteiger partial charge on any atom is -0.347 e. The molecule has 0 heterocycles. The van der Waals surface area contributed by atoms with Crippen LogP contribution < -0.4 is 10.0 Å². The van der Waals surface area contributed by atoms with Crippen LogP contribution in [-0.2, 0) is 19.6 Å². The van der Waals surface area contributed by atoms with Crippen LogP contribution in [0.25, 0.3) is 0 Å². The topological polar surface area (TPSA) is 95.6 Å². The lowest BCUT2D eigenvalue weighted by Gasteiger charge is -2.18. The van der Waals surface area contributed by atoms with Crippen molar-refractivity contribution in [2.45, 2.75) is 25.2 Å². The number of halogens is 1. The number of nitrogens with one attached hydrogen (secondary N) is 2. The van der Waals surface area contributed by atoms with Crippen molar-refractivity contribution >= 4 is 21.8 Å². The Balaban J connectivity index is 2.40. The first kappa shape index (κ1) is 20.0. The molecule has 0 fully saturated rings. The third-order valence-electron chi connectivity index (χ3n) is 3.32. The number of nitrogens with zero attached hydrogens (tertiary/aromatic N) is 1. The van der Waals surface area contributed by atoms with Gasteiger partial charge in [-0.15, -0.1) is 0 Å². The predicted octanol–water partition coefficient (Wildman–Crippen LogP) is 0.479. The zero-order chi connectivity index (χ0) is 18.2. The van der Waals surface area contributed by atoms with E-state index in [4.69, 9.17) is 0 Å². The zero-order valence-corrected chi connectivity index (χ0v) is 14.5. The van der Waals surface area contributed by atoms with Crippen molar-refractivity contribution in [3.8, 4) is 0 Å². The van der Waals surface area contributed by atoms with Crippen LogP contribution in [0.3, 0.4) is 0 Å². The standard InChI is InChI=1S/C15H22FN3O4S/c1-3-19(4-2)15(21)11-17-14(20)9-10-18-24(22,23)13-7-5-12(16)6-8-13/h5-8,18H,3-4,9-11H2,1-2H3,(H,17,20). The summed E-state index contributed by atoms with van der Waals surface area (Å²) in [6.45, 7) is 4.56. The summed E-state index contributed by atoms with van der Waals surface area (Å²) in [5.74, 6) is -1.16. The molecule has 0 aliphatic carbocycles. The quantitative estimate of drug-likeness (QED) is 0.670. The van der Waals surface area contributed by atoms with Gasteiger partial charge in [0.1, 0.15) is 5.82 Å². The second-order valence-corrected chi connectivity index (χ2v) is 6.71. The normalized spacial score (nSPS) is 11.1. The summed E-state index contributed by atoms with van der Waals surface area (Å²) in [5, 5.41) is 2.45. The first-order valence-electron chi connectivity index (χ1n) is 7.59. The van der Waals surface area contributed by atoms with E-state index in [2.05, 4.69) is 10.0 Å². The zero-order valence-electron chi connectivity index (χ0n) is 13.7. The van der Waals surface area contributed by atoms with Crippen molar-refractivity contribution in [1.29, 1.82) is 0 Å². The van der Waals surface area contributed by atoms with Crippen molar-refractivity contribution in [3.63, 3.8) is 0 Å². The van der Waals surface area contributed by atoms with Crippen molar-refractivity contribution in [2.75, 3.05) is 26.2 Å². The molecule has 0 saturated carbocycles. The highest BCUT2D eigenvalue weighted by Crippen LogP contribution is 2.09. The lowest BCUT2D eigenvalue weighted by Crippen LogP contribution is -2.40. The van der Waals surface area contributed by atoms with Crippen molar-refractivity contribution in [3.05, 3.63) is 30.1 Å². The van der Waals surface area contributed by atoms with Gasteiger partial charge < -0.3 is 10.2 Å². The molecule has 24 heavy (non-hydrogen) atoms. The number of amides is 2. The van der Waals surface area contributed by atoms with Crippen LogP contribution in [0.1, 0.15) is 20.3 Å². The van der Waals surface area contributed by atoms with E-state index in [0.29, 0.717) is 13.1 Å². The van der Waals surface area contributed by atoms with E-state index < -0.39 is 21.7 Å². The molecule has 1 rings (SSSR count). The number of carbonyl (C=O) groups is 2. The number of rotatable bonds is 9. The van der Waals surface area contributed by atoms with Gasteiger partial charge in [0.15, 0.2) is 0 Å². The van der Waals surface area contributed by atoms with Crippen LogP contribution in [0.4, 0.5) is 4.39 Å². The smallest absolute Gasteiger partial charge is 0.241 e. The number of hydrogen-bond donors (Lipinski definition) is 2. The first-order chi connectivity index (χ1) is 11.3. The van der Waals surface area contributed by atoms with Crippen LogP contribution >= 0.6 is 0 Å². The van der Waals surface area contributed by atoms with Crippen LogP contribution in [0.2, 0.25) is 0 Å². The molecule has 0 radical (unpaired) electrons. The molecule has 0 aliphatic heterocycles. The van der Waals surface area contributed by atoms with Gasteiger partial charge in [-0.05, 0) is 38.1 Å². The molecule has 0 bridgehead atoms. The lowest BCUT2D eigenvalue weighted by atomic mass is 10.4. The molecule has 1 aromatic rings. The number of likely N-dealkylation sites (N-methyl/N-ethyl adjacent to an activating group) is 1. The van der Waals surface area contributed by atoms with Gasteiger partial charge in [0.2, 0.25) is 21.8 Å². The fraction of sp³-hybridized carbons (Fsp3) is 0.467. The van der Waals surface area contributed by atoms with Crippen molar-refractivity contribution in [1.82, 2.24) is 14.9 Å². The average Bonchev–Trinajstić information content (AvgIpc) is 2.54. The largest absolute Gasteiger partial charge is 0.347 e. The van der Waals surface area contributed by atoms with Crippen LogP contribution in [0.15, 0.2) is 29.2 Å². The molecular formula is C15H22FN3O4S. The van der Waals surface area contributed by atoms with E-state index in [0.717, 1.165) is 24.3 Å². The summed E-state index contributed by atoms with van der Waals surface area (Å²) < 4.78 is 38.9.